The fourth-order valence-electron chi connectivity index (χ4n) is 4.23. The third-order valence-electron chi connectivity index (χ3n) is 5.94. The molecule has 4 aromatic rings. The first kappa shape index (κ1) is 19.5. The smallest absolute Gasteiger partial charge is 0.260 e. The van der Waals surface area contributed by atoms with Crippen molar-refractivity contribution < 1.29 is 13.7 Å². The molecule has 2 aromatic heterocycles. The second-order valence-electron chi connectivity index (χ2n) is 8.57. The number of hydrogen-bond acceptors (Lipinski definition) is 5. The summed E-state index contributed by atoms with van der Waals surface area (Å²) < 4.78 is 11.2. The van der Waals surface area contributed by atoms with Crippen molar-refractivity contribution in [2.75, 3.05) is 5.32 Å². The second-order valence-corrected chi connectivity index (χ2v) is 8.57. The number of nitrogens with zero attached hydrogens (tertiary/aromatic N) is 2. The molecule has 1 amide bonds. The highest BCUT2D eigenvalue weighted by molar-refractivity contribution is 5.98. The maximum atomic E-state index is 13.0. The van der Waals surface area contributed by atoms with Crippen LogP contribution in [0.4, 0.5) is 5.69 Å². The number of rotatable bonds is 5. The number of aromatic nitrogens is 2. The van der Waals surface area contributed by atoms with E-state index in [9.17, 15) is 4.79 Å². The van der Waals surface area contributed by atoms with E-state index in [1.54, 1.807) is 6.26 Å². The molecule has 1 aliphatic rings. The Labute approximate surface area is 180 Å². The van der Waals surface area contributed by atoms with Crippen molar-refractivity contribution in [2.24, 2.45) is 0 Å². The molecule has 0 aliphatic heterocycles. The van der Waals surface area contributed by atoms with Crippen LogP contribution in [0.3, 0.4) is 0 Å². The summed E-state index contributed by atoms with van der Waals surface area (Å²) >= 11 is 0. The number of furan rings is 1. The maximum Gasteiger partial charge on any atom is 0.260 e. The van der Waals surface area contributed by atoms with Gasteiger partial charge in [-0.1, -0.05) is 31.1 Å². The van der Waals surface area contributed by atoms with Crippen LogP contribution in [0.2, 0.25) is 0 Å². The number of aryl methyl sites for hydroxylation is 3. The van der Waals surface area contributed by atoms with E-state index in [0.717, 1.165) is 40.5 Å². The molecule has 6 heteroatoms. The summed E-state index contributed by atoms with van der Waals surface area (Å²) in [5.74, 6) is 1.11. The number of para-hydroxylation sites is 1. The minimum atomic E-state index is -0.109. The molecule has 1 N–H and O–H groups in total. The topological polar surface area (TPSA) is 81.2 Å². The molecule has 0 saturated carbocycles. The number of benzene rings is 2. The van der Waals surface area contributed by atoms with Crippen molar-refractivity contribution in [1.82, 2.24) is 10.1 Å². The number of anilines is 1. The average Bonchev–Trinajstić information content (AvgIpc) is 3.48. The van der Waals surface area contributed by atoms with E-state index in [1.165, 1.54) is 17.5 Å². The lowest BCUT2D eigenvalue weighted by molar-refractivity contribution is -0.115. The second kappa shape index (κ2) is 7.69. The van der Waals surface area contributed by atoms with Gasteiger partial charge in [0.2, 0.25) is 5.91 Å². The molecule has 6 nitrogen and oxygen atoms in total. The zero-order valence-electron chi connectivity index (χ0n) is 18.0. The Bertz CT molecular complexity index is 1280. The molecule has 2 heterocycles. The number of carbonyl (C=O) groups excluding carboxylic acids is 1. The van der Waals surface area contributed by atoms with Crippen molar-refractivity contribution in [3.05, 3.63) is 64.7 Å². The molecule has 0 radical (unpaired) electrons. The third kappa shape index (κ3) is 3.63. The Hall–Kier alpha value is -3.41. The van der Waals surface area contributed by atoms with Gasteiger partial charge in [0.05, 0.1) is 23.9 Å². The molecular weight excluding hydrogens is 390 g/mol. The van der Waals surface area contributed by atoms with E-state index in [-0.39, 0.29) is 18.2 Å². The van der Waals surface area contributed by atoms with Crippen molar-refractivity contribution in [3.63, 3.8) is 0 Å². The van der Waals surface area contributed by atoms with Gasteiger partial charge in [0.25, 0.3) is 5.89 Å². The Morgan fingerprint density at radius 2 is 2.00 bits per heavy atom. The lowest BCUT2D eigenvalue weighted by atomic mass is 10.0. The van der Waals surface area contributed by atoms with Crippen LogP contribution in [0.25, 0.3) is 22.4 Å². The summed E-state index contributed by atoms with van der Waals surface area (Å²) in [6.45, 7) is 5.98. The summed E-state index contributed by atoms with van der Waals surface area (Å²) in [5.41, 5.74) is 6.84. The van der Waals surface area contributed by atoms with Gasteiger partial charge in [-0.15, -0.1) is 0 Å². The van der Waals surface area contributed by atoms with Crippen LogP contribution >= 0.6 is 0 Å². The molecule has 0 fully saturated rings. The zero-order valence-corrected chi connectivity index (χ0v) is 18.0. The van der Waals surface area contributed by atoms with E-state index in [0.29, 0.717) is 17.4 Å². The Morgan fingerprint density at radius 3 is 2.77 bits per heavy atom. The molecule has 5 rings (SSSR count). The van der Waals surface area contributed by atoms with Crippen LogP contribution in [0.15, 0.2) is 45.5 Å². The van der Waals surface area contributed by atoms with Crippen LogP contribution in [0.1, 0.15) is 54.3 Å². The molecule has 0 spiro atoms. The molecular formula is C25H25N3O3. The summed E-state index contributed by atoms with van der Waals surface area (Å²) in [6.07, 6.45) is 5.32. The van der Waals surface area contributed by atoms with Crippen molar-refractivity contribution in [3.8, 4) is 11.5 Å². The normalized spacial score (nSPS) is 13.2. The highest BCUT2D eigenvalue weighted by atomic mass is 16.5. The quantitative estimate of drug-likeness (QED) is 0.460. The molecule has 0 atom stereocenters. The summed E-state index contributed by atoms with van der Waals surface area (Å²) in [6, 6.07) is 10.1. The predicted octanol–water partition coefficient (Wildman–Crippen LogP) is 5.58. The van der Waals surface area contributed by atoms with Crippen LogP contribution in [-0.2, 0) is 24.1 Å². The van der Waals surface area contributed by atoms with Gasteiger partial charge in [-0.05, 0) is 61.1 Å². The van der Waals surface area contributed by atoms with Crippen molar-refractivity contribution >= 4 is 22.6 Å². The number of hydrogen-bond donors (Lipinski definition) is 1. The maximum absolute atomic E-state index is 13.0. The van der Waals surface area contributed by atoms with E-state index < -0.39 is 0 Å². The monoisotopic (exact) mass is 415 g/mol. The van der Waals surface area contributed by atoms with E-state index in [1.807, 2.05) is 39.0 Å². The van der Waals surface area contributed by atoms with Gasteiger partial charge in [-0.3, -0.25) is 4.79 Å². The van der Waals surface area contributed by atoms with Gasteiger partial charge < -0.3 is 14.3 Å². The Balaban J connectivity index is 1.42. The zero-order chi connectivity index (χ0) is 21.5. The van der Waals surface area contributed by atoms with Gasteiger partial charge in [0.15, 0.2) is 5.82 Å². The first-order chi connectivity index (χ1) is 15.0. The van der Waals surface area contributed by atoms with Gasteiger partial charge >= 0.3 is 0 Å². The molecule has 31 heavy (non-hydrogen) atoms. The van der Waals surface area contributed by atoms with Gasteiger partial charge in [0.1, 0.15) is 5.58 Å². The standard InChI is InChI=1S/C25H25N3O3/c1-14(2)24-27-25(31-28-24)19-9-4-6-15(3)23(19)26-22(29)12-18-13-30-21-11-17-8-5-7-16(17)10-20(18)21/h4,6,9-11,13-14H,5,7-8,12H2,1-3H3,(H,26,29). The third-order valence-corrected chi connectivity index (χ3v) is 5.94. The molecule has 158 valence electrons. The minimum Gasteiger partial charge on any atom is -0.464 e. The van der Waals surface area contributed by atoms with Crippen LogP contribution in [0.5, 0.6) is 0 Å². The molecule has 0 saturated heterocycles. The Morgan fingerprint density at radius 1 is 1.19 bits per heavy atom. The summed E-state index contributed by atoms with van der Waals surface area (Å²) in [7, 11) is 0. The molecule has 2 aromatic carbocycles. The van der Waals surface area contributed by atoms with Crippen molar-refractivity contribution in [2.45, 2.75) is 52.4 Å². The van der Waals surface area contributed by atoms with Crippen LogP contribution < -0.4 is 5.32 Å². The number of amides is 1. The minimum absolute atomic E-state index is 0.109. The lowest BCUT2D eigenvalue weighted by Gasteiger charge is -2.11. The fourth-order valence-corrected chi connectivity index (χ4v) is 4.23. The highest BCUT2D eigenvalue weighted by Gasteiger charge is 2.20. The van der Waals surface area contributed by atoms with E-state index in [2.05, 4.69) is 27.6 Å². The summed E-state index contributed by atoms with van der Waals surface area (Å²) in [4.78, 5) is 17.5. The number of fused-ring (bicyclic) bond motifs is 2. The molecule has 0 unspecified atom stereocenters. The molecule has 1 aliphatic carbocycles. The SMILES string of the molecule is Cc1cccc(-c2nc(C(C)C)no2)c1NC(=O)Cc1coc2cc3c(cc12)CCC3. The predicted molar refractivity (Wildman–Crippen MR) is 119 cm³/mol. The van der Waals surface area contributed by atoms with E-state index in [4.69, 9.17) is 8.94 Å². The van der Waals surface area contributed by atoms with E-state index >= 15 is 0 Å². The van der Waals surface area contributed by atoms with Gasteiger partial charge in [0, 0.05) is 16.9 Å². The Kier molecular flexibility index (Phi) is 4.85. The first-order valence-corrected chi connectivity index (χ1v) is 10.7. The lowest BCUT2D eigenvalue weighted by Crippen LogP contribution is -2.15. The highest BCUT2D eigenvalue weighted by Crippen LogP contribution is 2.32. The van der Waals surface area contributed by atoms with Crippen molar-refractivity contribution in [1.29, 1.82) is 0 Å². The fraction of sp³-hybridized carbons (Fsp3) is 0.320. The van der Waals surface area contributed by atoms with Crippen LogP contribution in [0, 0.1) is 6.92 Å². The van der Waals surface area contributed by atoms with Gasteiger partial charge in [-0.25, -0.2) is 0 Å². The largest absolute Gasteiger partial charge is 0.464 e. The average molecular weight is 415 g/mol. The molecule has 0 bridgehead atoms. The summed E-state index contributed by atoms with van der Waals surface area (Å²) in [5, 5.41) is 8.14. The van der Waals surface area contributed by atoms with Gasteiger partial charge in [-0.2, -0.15) is 4.98 Å². The number of nitrogens with one attached hydrogen (secondary N) is 1. The van der Waals surface area contributed by atoms with Crippen LogP contribution in [-0.4, -0.2) is 16.0 Å². The first-order valence-electron chi connectivity index (χ1n) is 10.7. The number of carbonyl (C=O) groups is 1.